The van der Waals surface area contributed by atoms with E-state index in [1.807, 2.05) is 18.2 Å². The summed E-state index contributed by atoms with van der Waals surface area (Å²) in [4.78, 5) is 2.36. The molecule has 1 N–H and O–H groups in total. The number of likely N-dealkylation sites (N-methyl/N-ethyl adjacent to an activating group) is 1. The van der Waals surface area contributed by atoms with Crippen molar-refractivity contribution in [3.63, 3.8) is 0 Å². The lowest BCUT2D eigenvalue weighted by Crippen LogP contribution is -2.38. The molecule has 1 aromatic rings. The molecule has 2 rings (SSSR count). The van der Waals surface area contributed by atoms with Gasteiger partial charge in [-0.2, -0.15) is 0 Å². The van der Waals surface area contributed by atoms with E-state index < -0.39 is 0 Å². The summed E-state index contributed by atoms with van der Waals surface area (Å²) in [6.45, 7) is 4.29. The maximum Gasteiger partial charge on any atom is 0.0409 e. The summed E-state index contributed by atoms with van der Waals surface area (Å²) in [5.41, 5.74) is 1.28. The first kappa shape index (κ1) is 12.9. The molecule has 17 heavy (non-hydrogen) atoms. The summed E-state index contributed by atoms with van der Waals surface area (Å²) in [6, 6.07) is 9.44. The fraction of sp³-hybridized carbons (Fsp3) is 0.571. The van der Waals surface area contributed by atoms with Crippen molar-refractivity contribution in [2.45, 2.75) is 38.4 Å². The molecule has 3 heteroatoms. The van der Waals surface area contributed by atoms with Gasteiger partial charge in [0.25, 0.3) is 0 Å². The largest absolute Gasteiger partial charge is 0.312 e. The molecule has 0 bridgehead atoms. The summed E-state index contributed by atoms with van der Waals surface area (Å²) in [5, 5.41) is 4.39. The topological polar surface area (TPSA) is 15.3 Å². The molecule has 0 heterocycles. The minimum absolute atomic E-state index is 0.551. The third-order valence-corrected chi connectivity index (χ3v) is 3.59. The van der Waals surface area contributed by atoms with Crippen LogP contribution in [-0.4, -0.2) is 30.6 Å². The van der Waals surface area contributed by atoms with E-state index in [-0.39, 0.29) is 0 Å². The minimum atomic E-state index is 0.551. The van der Waals surface area contributed by atoms with Crippen molar-refractivity contribution >= 4 is 11.6 Å². The summed E-state index contributed by atoms with van der Waals surface area (Å²) in [5.74, 6) is 0. The average Bonchev–Trinajstić information content (AvgIpc) is 3.09. The lowest BCUT2D eigenvalue weighted by molar-refractivity contribution is 0.242. The highest BCUT2D eigenvalue weighted by Crippen LogP contribution is 2.19. The van der Waals surface area contributed by atoms with E-state index in [4.69, 9.17) is 11.6 Å². The van der Waals surface area contributed by atoms with Crippen LogP contribution in [-0.2, 0) is 6.54 Å². The Bertz CT molecular complexity index is 363. The maximum absolute atomic E-state index is 5.99. The molecule has 1 fully saturated rings. The predicted molar refractivity (Wildman–Crippen MR) is 73.4 cm³/mol. The van der Waals surface area contributed by atoms with Gasteiger partial charge in [0.15, 0.2) is 0 Å². The summed E-state index contributed by atoms with van der Waals surface area (Å²) in [6.07, 6.45) is 2.70. The number of hydrogen-bond donors (Lipinski definition) is 1. The van der Waals surface area contributed by atoms with Crippen LogP contribution in [0, 0.1) is 0 Å². The summed E-state index contributed by atoms with van der Waals surface area (Å²) >= 11 is 5.99. The lowest BCUT2D eigenvalue weighted by atomic mass is 10.2. The first-order valence-electron chi connectivity index (χ1n) is 6.33. The van der Waals surface area contributed by atoms with Gasteiger partial charge in [-0.15, -0.1) is 0 Å². The van der Waals surface area contributed by atoms with E-state index in [0.717, 1.165) is 24.2 Å². The maximum atomic E-state index is 5.99. The van der Waals surface area contributed by atoms with E-state index >= 15 is 0 Å². The third-order valence-electron chi connectivity index (χ3n) is 3.35. The average molecular weight is 253 g/mol. The molecule has 1 saturated carbocycles. The fourth-order valence-corrected chi connectivity index (χ4v) is 2.07. The minimum Gasteiger partial charge on any atom is -0.312 e. The Morgan fingerprint density at radius 3 is 2.88 bits per heavy atom. The van der Waals surface area contributed by atoms with Gasteiger partial charge in [-0.05, 0) is 44.5 Å². The van der Waals surface area contributed by atoms with Crippen LogP contribution < -0.4 is 5.32 Å². The SMILES string of the molecule is CC(CNC1CC1)N(C)Cc1cccc(Cl)c1. The van der Waals surface area contributed by atoms with E-state index in [9.17, 15) is 0 Å². The first-order valence-corrected chi connectivity index (χ1v) is 6.71. The molecule has 0 amide bonds. The van der Waals surface area contributed by atoms with Crippen LogP contribution in [0.5, 0.6) is 0 Å². The van der Waals surface area contributed by atoms with E-state index in [1.165, 1.54) is 18.4 Å². The van der Waals surface area contributed by atoms with Crippen LogP contribution in [0.1, 0.15) is 25.3 Å². The smallest absolute Gasteiger partial charge is 0.0409 e. The van der Waals surface area contributed by atoms with Crippen molar-refractivity contribution in [3.8, 4) is 0 Å². The Kier molecular flexibility index (Phi) is 4.43. The van der Waals surface area contributed by atoms with Gasteiger partial charge in [0.05, 0.1) is 0 Å². The number of nitrogens with one attached hydrogen (secondary N) is 1. The van der Waals surface area contributed by atoms with Gasteiger partial charge < -0.3 is 5.32 Å². The molecular weight excluding hydrogens is 232 g/mol. The number of benzene rings is 1. The summed E-state index contributed by atoms with van der Waals surface area (Å²) in [7, 11) is 2.17. The first-order chi connectivity index (χ1) is 8.15. The predicted octanol–water partition coefficient (Wildman–Crippen LogP) is 2.91. The van der Waals surface area contributed by atoms with Crippen molar-refractivity contribution in [2.24, 2.45) is 0 Å². The van der Waals surface area contributed by atoms with Gasteiger partial charge in [-0.3, -0.25) is 4.90 Å². The van der Waals surface area contributed by atoms with E-state index in [0.29, 0.717) is 6.04 Å². The molecule has 1 atom stereocenters. The number of halogens is 1. The van der Waals surface area contributed by atoms with Gasteiger partial charge >= 0.3 is 0 Å². The Labute approximate surface area is 109 Å². The highest BCUT2D eigenvalue weighted by atomic mass is 35.5. The highest BCUT2D eigenvalue weighted by Gasteiger charge is 2.21. The van der Waals surface area contributed by atoms with Crippen molar-refractivity contribution in [2.75, 3.05) is 13.6 Å². The zero-order chi connectivity index (χ0) is 12.3. The third kappa shape index (κ3) is 4.30. The second-order valence-electron chi connectivity index (χ2n) is 5.08. The number of hydrogen-bond acceptors (Lipinski definition) is 2. The van der Waals surface area contributed by atoms with Crippen LogP contribution in [0.2, 0.25) is 5.02 Å². The molecule has 0 radical (unpaired) electrons. The van der Waals surface area contributed by atoms with Crippen molar-refractivity contribution < 1.29 is 0 Å². The van der Waals surface area contributed by atoms with Crippen LogP contribution >= 0.6 is 11.6 Å². The van der Waals surface area contributed by atoms with Gasteiger partial charge in [0.2, 0.25) is 0 Å². The molecule has 1 aromatic carbocycles. The molecular formula is C14H21ClN2. The Balaban J connectivity index is 1.80. The molecule has 0 spiro atoms. The van der Waals surface area contributed by atoms with E-state index in [1.54, 1.807) is 0 Å². The zero-order valence-electron chi connectivity index (χ0n) is 10.6. The van der Waals surface area contributed by atoms with Crippen molar-refractivity contribution in [1.82, 2.24) is 10.2 Å². The standard InChI is InChI=1S/C14H21ClN2/c1-11(9-16-14-6-7-14)17(2)10-12-4-3-5-13(15)8-12/h3-5,8,11,14,16H,6-7,9-10H2,1-2H3. The normalized spacial score (nSPS) is 17.4. The van der Waals surface area contributed by atoms with Crippen LogP contribution in [0.3, 0.4) is 0 Å². The quantitative estimate of drug-likeness (QED) is 0.838. The summed E-state index contributed by atoms with van der Waals surface area (Å²) < 4.78 is 0. The number of rotatable bonds is 6. The highest BCUT2D eigenvalue weighted by molar-refractivity contribution is 6.30. The molecule has 1 aliphatic rings. The number of nitrogens with zero attached hydrogens (tertiary/aromatic N) is 1. The Hall–Kier alpha value is -0.570. The lowest BCUT2D eigenvalue weighted by Gasteiger charge is -2.25. The zero-order valence-corrected chi connectivity index (χ0v) is 11.4. The van der Waals surface area contributed by atoms with Gasteiger partial charge in [0, 0.05) is 30.2 Å². The fourth-order valence-electron chi connectivity index (χ4n) is 1.86. The van der Waals surface area contributed by atoms with Crippen molar-refractivity contribution in [1.29, 1.82) is 0 Å². The van der Waals surface area contributed by atoms with Gasteiger partial charge in [-0.25, -0.2) is 0 Å². The molecule has 2 nitrogen and oxygen atoms in total. The molecule has 0 aromatic heterocycles. The van der Waals surface area contributed by atoms with Crippen LogP contribution in [0.4, 0.5) is 0 Å². The van der Waals surface area contributed by atoms with Gasteiger partial charge in [0.1, 0.15) is 0 Å². The molecule has 0 saturated heterocycles. The second-order valence-corrected chi connectivity index (χ2v) is 5.51. The Morgan fingerprint density at radius 2 is 2.24 bits per heavy atom. The van der Waals surface area contributed by atoms with Crippen LogP contribution in [0.25, 0.3) is 0 Å². The second kappa shape index (κ2) is 5.85. The molecule has 0 aliphatic heterocycles. The molecule has 94 valence electrons. The van der Waals surface area contributed by atoms with Crippen molar-refractivity contribution in [3.05, 3.63) is 34.9 Å². The molecule has 1 unspecified atom stereocenters. The molecule has 1 aliphatic carbocycles. The van der Waals surface area contributed by atoms with Gasteiger partial charge in [-0.1, -0.05) is 23.7 Å². The monoisotopic (exact) mass is 252 g/mol. The van der Waals surface area contributed by atoms with Crippen LogP contribution in [0.15, 0.2) is 24.3 Å². The Morgan fingerprint density at radius 1 is 1.47 bits per heavy atom. The van der Waals surface area contributed by atoms with E-state index in [2.05, 4.69) is 30.3 Å².